The molecule has 8 heteroatoms. The van der Waals surface area contributed by atoms with E-state index in [0.29, 0.717) is 15.2 Å². The summed E-state index contributed by atoms with van der Waals surface area (Å²) in [5.74, 6) is 0. The maximum Gasteiger partial charge on any atom is 0.431 e. The molecule has 0 unspecified atom stereocenters. The number of rotatable bonds is 1. The number of allylic oxidation sites excluding steroid dienone is 4. The largest absolute Gasteiger partial charge is 0.431 e. The third kappa shape index (κ3) is 2.54. The molecule has 110 valence electrons. The van der Waals surface area contributed by atoms with Gasteiger partial charge in [0, 0.05) is 31.7 Å². The summed E-state index contributed by atoms with van der Waals surface area (Å²) in [6, 6.07) is 2.23. The average molecular weight is 297 g/mol. The van der Waals surface area contributed by atoms with Crippen LogP contribution in [0, 0.1) is 11.3 Å². The van der Waals surface area contributed by atoms with E-state index >= 15 is 0 Å². The van der Waals surface area contributed by atoms with Crippen LogP contribution in [0.1, 0.15) is 18.5 Å². The van der Waals surface area contributed by atoms with Crippen LogP contribution in [0.15, 0.2) is 33.4 Å². The normalized spacial score (nSPS) is 15.2. The van der Waals surface area contributed by atoms with E-state index in [4.69, 9.17) is 5.26 Å². The minimum Gasteiger partial charge on any atom is -0.292 e. The average Bonchev–Trinajstić information content (AvgIpc) is 2.42. The predicted molar refractivity (Wildman–Crippen MR) is 68.1 cm³/mol. The molecule has 2 rings (SSSR count). The van der Waals surface area contributed by atoms with E-state index in [9.17, 15) is 22.8 Å². The lowest BCUT2D eigenvalue weighted by Gasteiger charge is -2.17. The van der Waals surface area contributed by atoms with Crippen molar-refractivity contribution >= 4 is 5.70 Å². The van der Waals surface area contributed by atoms with Crippen molar-refractivity contribution in [1.82, 2.24) is 9.13 Å². The van der Waals surface area contributed by atoms with Crippen LogP contribution >= 0.6 is 0 Å². The van der Waals surface area contributed by atoms with Gasteiger partial charge in [0.25, 0.3) is 5.56 Å². The fourth-order valence-electron chi connectivity index (χ4n) is 2.12. The Kier molecular flexibility index (Phi) is 3.60. The van der Waals surface area contributed by atoms with Gasteiger partial charge < -0.3 is 0 Å². The van der Waals surface area contributed by atoms with Crippen molar-refractivity contribution in [2.45, 2.75) is 19.0 Å². The molecule has 21 heavy (non-hydrogen) atoms. The van der Waals surface area contributed by atoms with E-state index in [2.05, 4.69) is 0 Å². The van der Waals surface area contributed by atoms with Crippen LogP contribution in [-0.2, 0) is 13.2 Å². The molecule has 1 aliphatic rings. The molecule has 0 radical (unpaired) electrons. The highest BCUT2D eigenvalue weighted by Crippen LogP contribution is 2.27. The molecule has 5 nitrogen and oxygen atoms in total. The van der Waals surface area contributed by atoms with Crippen molar-refractivity contribution in [3.63, 3.8) is 0 Å². The summed E-state index contributed by atoms with van der Waals surface area (Å²) in [6.07, 6.45) is -1.07. The molecule has 0 saturated carbocycles. The van der Waals surface area contributed by atoms with Crippen LogP contribution in [0.25, 0.3) is 5.70 Å². The molecule has 0 spiro atoms. The van der Waals surface area contributed by atoms with Crippen molar-refractivity contribution in [3.05, 3.63) is 50.3 Å². The van der Waals surface area contributed by atoms with E-state index in [1.165, 1.54) is 0 Å². The first-order chi connectivity index (χ1) is 9.77. The topological polar surface area (TPSA) is 67.8 Å². The van der Waals surface area contributed by atoms with Crippen molar-refractivity contribution in [2.24, 2.45) is 7.05 Å². The van der Waals surface area contributed by atoms with Gasteiger partial charge in [0.2, 0.25) is 0 Å². The van der Waals surface area contributed by atoms with E-state index in [0.717, 1.165) is 7.05 Å². The Labute approximate surface area is 116 Å². The molecule has 1 heterocycles. The summed E-state index contributed by atoms with van der Waals surface area (Å²) in [5.41, 5.74) is -3.22. The first-order valence-electron chi connectivity index (χ1n) is 5.95. The van der Waals surface area contributed by atoms with Crippen LogP contribution in [-0.4, -0.2) is 9.13 Å². The molecular weight excluding hydrogens is 287 g/mol. The zero-order valence-corrected chi connectivity index (χ0v) is 10.9. The predicted octanol–water partition coefficient (Wildman–Crippen LogP) is 1.65. The van der Waals surface area contributed by atoms with Gasteiger partial charge in [-0.3, -0.25) is 9.36 Å². The van der Waals surface area contributed by atoms with Gasteiger partial charge in [-0.25, -0.2) is 9.36 Å². The van der Waals surface area contributed by atoms with Crippen LogP contribution in [0.3, 0.4) is 0 Å². The zero-order chi connectivity index (χ0) is 15.8. The van der Waals surface area contributed by atoms with Gasteiger partial charge in [-0.1, -0.05) is 12.2 Å². The molecule has 0 fully saturated rings. The molecule has 1 aromatic heterocycles. The summed E-state index contributed by atoms with van der Waals surface area (Å²) < 4.78 is 39.2. The molecule has 0 aliphatic heterocycles. The van der Waals surface area contributed by atoms with E-state index in [1.54, 1.807) is 12.2 Å². The third-order valence-electron chi connectivity index (χ3n) is 3.16. The number of alkyl halides is 3. The van der Waals surface area contributed by atoms with Gasteiger partial charge >= 0.3 is 11.9 Å². The number of aromatic nitrogens is 2. The number of nitrogens with zero attached hydrogens (tertiary/aromatic N) is 3. The summed E-state index contributed by atoms with van der Waals surface area (Å²) in [6.45, 7) is 0. The Morgan fingerprint density at radius 3 is 2.43 bits per heavy atom. The fourth-order valence-corrected chi connectivity index (χ4v) is 2.12. The van der Waals surface area contributed by atoms with Gasteiger partial charge in [0.05, 0.1) is 11.6 Å². The number of hydrogen-bond acceptors (Lipinski definition) is 3. The van der Waals surface area contributed by atoms with Gasteiger partial charge in [-0.05, 0) is 0 Å². The molecule has 0 atom stereocenters. The second kappa shape index (κ2) is 5.09. The first kappa shape index (κ1) is 14.8. The molecule has 1 aromatic rings. The molecule has 0 bridgehead atoms. The Morgan fingerprint density at radius 2 is 1.86 bits per heavy atom. The van der Waals surface area contributed by atoms with Crippen molar-refractivity contribution in [2.75, 3.05) is 0 Å². The highest BCUT2D eigenvalue weighted by atomic mass is 19.4. The minimum atomic E-state index is -4.80. The van der Waals surface area contributed by atoms with E-state index in [1.807, 2.05) is 6.07 Å². The van der Waals surface area contributed by atoms with Gasteiger partial charge in [0.1, 0.15) is 5.69 Å². The Hall–Kier alpha value is -2.56. The maximum absolute atomic E-state index is 12.7. The smallest absolute Gasteiger partial charge is 0.292 e. The quantitative estimate of drug-likeness (QED) is 0.740. The zero-order valence-electron chi connectivity index (χ0n) is 10.9. The number of hydrogen-bond donors (Lipinski definition) is 0. The Bertz CT molecular complexity index is 804. The molecule has 0 aromatic carbocycles. The summed E-state index contributed by atoms with van der Waals surface area (Å²) in [5, 5.41) is 9.01. The monoisotopic (exact) mass is 297 g/mol. The van der Waals surface area contributed by atoms with Crippen molar-refractivity contribution in [1.29, 1.82) is 5.26 Å². The second-order valence-corrected chi connectivity index (χ2v) is 4.46. The van der Waals surface area contributed by atoms with Crippen LogP contribution in [0.5, 0.6) is 0 Å². The second-order valence-electron chi connectivity index (χ2n) is 4.46. The number of halogens is 3. The van der Waals surface area contributed by atoms with Crippen LogP contribution < -0.4 is 11.2 Å². The lowest BCUT2D eigenvalue weighted by Crippen LogP contribution is -2.41. The van der Waals surface area contributed by atoms with Gasteiger partial charge in [-0.2, -0.15) is 18.4 Å². The Balaban J connectivity index is 2.78. The highest BCUT2D eigenvalue weighted by Gasteiger charge is 2.35. The lowest BCUT2D eigenvalue weighted by atomic mass is 10.0. The first-order valence-corrected chi connectivity index (χ1v) is 5.95. The molecule has 1 aliphatic carbocycles. The maximum atomic E-state index is 12.7. The fraction of sp³-hybridized carbons (Fsp3) is 0.308. The SMILES string of the molecule is Cn1c(C(F)(F)F)cc(=O)n(C2=C(C#N)CC=CC2)c1=O. The summed E-state index contributed by atoms with van der Waals surface area (Å²) in [7, 11) is 0.937. The third-order valence-corrected chi connectivity index (χ3v) is 3.16. The lowest BCUT2D eigenvalue weighted by molar-refractivity contribution is -0.144. The van der Waals surface area contributed by atoms with Crippen molar-refractivity contribution < 1.29 is 13.2 Å². The standard InChI is InChI=1S/C13H10F3N3O2/c1-18-10(13(14,15)16)6-11(20)19(12(18)21)9-5-3-2-4-8(9)7-17/h2-3,6H,4-5H2,1H3. The van der Waals surface area contributed by atoms with E-state index in [-0.39, 0.29) is 24.1 Å². The molecule has 0 N–H and O–H groups in total. The molecular formula is C13H10F3N3O2. The summed E-state index contributed by atoms with van der Waals surface area (Å²) in [4.78, 5) is 24.0. The molecule has 0 amide bonds. The van der Waals surface area contributed by atoms with Crippen LogP contribution in [0.4, 0.5) is 13.2 Å². The summed E-state index contributed by atoms with van der Waals surface area (Å²) >= 11 is 0. The van der Waals surface area contributed by atoms with E-state index < -0.39 is 23.1 Å². The van der Waals surface area contributed by atoms with Crippen LogP contribution in [0.2, 0.25) is 0 Å². The van der Waals surface area contributed by atoms with Gasteiger partial charge in [-0.15, -0.1) is 0 Å². The van der Waals surface area contributed by atoms with Gasteiger partial charge in [0.15, 0.2) is 0 Å². The highest BCUT2D eigenvalue weighted by molar-refractivity contribution is 5.59. The number of nitriles is 1. The molecule has 0 saturated heterocycles. The Morgan fingerprint density at radius 1 is 1.24 bits per heavy atom. The van der Waals surface area contributed by atoms with Crippen molar-refractivity contribution in [3.8, 4) is 6.07 Å². The minimum absolute atomic E-state index is 0.124.